The van der Waals surface area contributed by atoms with Crippen molar-refractivity contribution < 1.29 is 0 Å². The van der Waals surface area contributed by atoms with Crippen LogP contribution in [0.5, 0.6) is 0 Å². The minimum Gasteiger partial charge on any atom is -0.358 e. The van der Waals surface area contributed by atoms with Crippen molar-refractivity contribution in [2.24, 2.45) is 11.8 Å². The lowest BCUT2D eigenvalue weighted by Crippen LogP contribution is -2.43. The highest BCUT2D eigenvalue weighted by molar-refractivity contribution is 7.80. The van der Waals surface area contributed by atoms with Crippen LogP contribution in [0.4, 0.5) is 11.5 Å². The van der Waals surface area contributed by atoms with Gasteiger partial charge in [0.2, 0.25) is 0 Å². The van der Waals surface area contributed by atoms with E-state index in [9.17, 15) is 0 Å². The normalized spacial score (nSPS) is 22.3. The summed E-state index contributed by atoms with van der Waals surface area (Å²) in [6.45, 7) is 13.1. The van der Waals surface area contributed by atoms with Crippen molar-refractivity contribution >= 4 is 28.8 Å². The molecule has 2 heterocycles. The maximum Gasteiger partial charge on any atom is 0.171 e. The first kappa shape index (κ1) is 17.0. The summed E-state index contributed by atoms with van der Waals surface area (Å²) < 4.78 is 0. The number of nitrogens with one attached hydrogen (secondary N) is 2. The highest BCUT2D eigenvalue weighted by Crippen LogP contribution is 2.25. The van der Waals surface area contributed by atoms with Crippen molar-refractivity contribution in [3.05, 3.63) is 18.3 Å². The minimum absolute atomic E-state index is 0.0441. The highest BCUT2D eigenvalue weighted by atomic mass is 32.1. The standard InChI is InChI=1S/C17H28N4S/c1-12-8-13(2)11-21(10-12)15-7-6-14(9-18-15)19-16(22)20-17(3,4)5/h6-7,9,12-13H,8,10-11H2,1-5H3,(H2,19,20,22)/t12-,13-/m0/s1. The summed E-state index contributed by atoms with van der Waals surface area (Å²) in [7, 11) is 0. The molecule has 0 aromatic carbocycles. The molecule has 2 N–H and O–H groups in total. The van der Waals surface area contributed by atoms with Gasteiger partial charge in [-0.25, -0.2) is 4.98 Å². The number of anilines is 2. The molecule has 0 spiro atoms. The van der Waals surface area contributed by atoms with Crippen molar-refractivity contribution in [3.8, 4) is 0 Å². The molecule has 0 unspecified atom stereocenters. The first-order chi connectivity index (χ1) is 10.2. The molecule has 0 amide bonds. The fraction of sp³-hybridized carbons (Fsp3) is 0.647. The Morgan fingerprint density at radius 3 is 2.36 bits per heavy atom. The molecule has 1 saturated heterocycles. The molecule has 4 nitrogen and oxygen atoms in total. The maximum absolute atomic E-state index is 5.31. The van der Waals surface area contributed by atoms with E-state index in [1.165, 1.54) is 6.42 Å². The first-order valence-electron chi connectivity index (χ1n) is 8.03. The van der Waals surface area contributed by atoms with Crippen LogP contribution in [0.25, 0.3) is 0 Å². The van der Waals surface area contributed by atoms with Crippen LogP contribution in [0.2, 0.25) is 0 Å². The van der Waals surface area contributed by atoms with Crippen molar-refractivity contribution in [2.45, 2.75) is 46.6 Å². The van der Waals surface area contributed by atoms with E-state index in [-0.39, 0.29) is 5.54 Å². The zero-order valence-corrected chi connectivity index (χ0v) is 15.1. The molecule has 2 atom stereocenters. The number of nitrogens with zero attached hydrogens (tertiary/aromatic N) is 2. The second-order valence-corrected chi connectivity index (χ2v) is 7.99. The summed E-state index contributed by atoms with van der Waals surface area (Å²) in [5, 5.41) is 7.05. The van der Waals surface area contributed by atoms with Gasteiger partial charge in [0, 0.05) is 18.6 Å². The number of pyridine rings is 1. The Labute approximate surface area is 139 Å². The average Bonchev–Trinajstić information content (AvgIpc) is 2.36. The monoisotopic (exact) mass is 320 g/mol. The van der Waals surface area contributed by atoms with Crippen LogP contribution < -0.4 is 15.5 Å². The van der Waals surface area contributed by atoms with Gasteiger partial charge in [0.25, 0.3) is 0 Å². The van der Waals surface area contributed by atoms with E-state index in [0.717, 1.165) is 36.4 Å². The molecule has 1 fully saturated rings. The average molecular weight is 321 g/mol. The van der Waals surface area contributed by atoms with Gasteiger partial charge >= 0.3 is 0 Å². The lowest BCUT2D eigenvalue weighted by Gasteiger charge is -2.35. The molecule has 1 aliphatic heterocycles. The molecule has 122 valence electrons. The molecule has 0 saturated carbocycles. The van der Waals surface area contributed by atoms with Gasteiger partial charge in [-0.3, -0.25) is 0 Å². The van der Waals surface area contributed by atoms with E-state index in [1.54, 1.807) is 0 Å². The molecule has 0 bridgehead atoms. The summed E-state index contributed by atoms with van der Waals surface area (Å²) in [4.78, 5) is 6.98. The van der Waals surface area contributed by atoms with E-state index in [0.29, 0.717) is 5.11 Å². The Kier molecular flexibility index (Phi) is 5.27. The molecule has 0 radical (unpaired) electrons. The van der Waals surface area contributed by atoms with Crippen LogP contribution in [0.3, 0.4) is 0 Å². The molecule has 1 aliphatic rings. The van der Waals surface area contributed by atoms with Crippen LogP contribution in [0.1, 0.15) is 41.0 Å². The Hall–Kier alpha value is -1.36. The third-order valence-corrected chi connectivity index (χ3v) is 3.89. The quantitative estimate of drug-likeness (QED) is 0.814. The van der Waals surface area contributed by atoms with Crippen molar-refractivity contribution in [2.75, 3.05) is 23.3 Å². The number of hydrogen-bond acceptors (Lipinski definition) is 3. The topological polar surface area (TPSA) is 40.2 Å². The molecule has 1 aromatic rings. The SMILES string of the molecule is C[C@H]1C[C@H](C)CN(c2ccc(NC(=S)NC(C)(C)C)cn2)C1. The number of piperidine rings is 1. The Bertz CT molecular complexity index is 496. The molecule has 0 aliphatic carbocycles. The van der Waals surface area contributed by atoms with E-state index < -0.39 is 0 Å². The third-order valence-electron chi connectivity index (χ3n) is 3.69. The number of thiocarbonyl (C=S) groups is 1. The van der Waals surface area contributed by atoms with Crippen molar-refractivity contribution in [1.29, 1.82) is 0 Å². The lowest BCUT2D eigenvalue weighted by atomic mass is 9.92. The van der Waals surface area contributed by atoms with Crippen LogP contribution in [-0.2, 0) is 0 Å². The van der Waals surface area contributed by atoms with Gasteiger partial charge in [-0.1, -0.05) is 13.8 Å². The third kappa shape index (κ3) is 5.13. The van der Waals surface area contributed by atoms with Crippen molar-refractivity contribution in [1.82, 2.24) is 10.3 Å². The second-order valence-electron chi connectivity index (χ2n) is 7.59. The lowest BCUT2D eigenvalue weighted by molar-refractivity contribution is 0.355. The van der Waals surface area contributed by atoms with Gasteiger partial charge in [0.05, 0.1) is 11.9 Å². The summed E-state index contributed by atoms with van der Waals surface area (Å²) in [6.07, 6.45) is 3.17. The molecule has 1 aromatic heterocycles. The predicted molar refractivity (Wildman–Crippen MR) is 98.5 cm³/mol. The molecule has 22 heavy (non-hydrogen) atoms. The van der Waals surface area contributed by atoms with Crippen molar-refractivity contribution in [3.63, 3.8) is 0 Å². The summed E-state index contributed by atoms with van der Waals surface area (Å²) in [5.41, 5.74) is 0.876. The van der Waals surface area contributed by atoms with E-state index in [1.807, 2.05) is 12.3 Å². The smallest absolute Gasteiger partial charge is 0.171 e. The molecule has 2 rings (SSSR count). The number of aromatic nitrogens is 1. The fourth-order valence-corrected chi connectivity index (χ4v) is 3.42. The second kappa shape index (κ2) is 6.82. The Morgan fingerprint density at radius 2 is 1.86 bits per heavy atom. The predicted octanol–water partition coefficient (Wildman–Crippen LogP) is 3.65. The van der Waals surface area contributed by atoms with Crippen LogP contribution >= 0.6 is 12.2 Å². The Morgan fingerprint density at radius 1 is 1.23 bits per heavy atom. The summed E-state index contributed by atoms with van der Waals surface area (Å²) >= 11 is 5.31. The van der Waals surface area contributed by atoms with E-state index >= 15 is 0 Å². The van der Waals surface area contributed by atoms with Crippen LogP contribution in [-0.4, -0.2) is 28.7 Å². The first-order valence-corrected chi connectivity index (χ1v) is 8.44. The highest BCUT2D eigenvalue weighted by Gasteiger charge is 2.22. The number of hydrogen-bond donors (Lipinski definition) is 2. The van der Waals surface area contributed by atoms with Crippen LogP contribution in [0.15, 0.2) is 18.3 Å². The van der Waals surface area contributed by atoms with Gasteiger partial charge in [0.1, 0.15) is 5.82 Å². The summed E-state index contributed by atoms with van der Waals surface area (Å²) in [6, 6.07) is 4.12. The zero-order valence-electron chi connectivity index (χ0n) is 14.3. The van der Waals surface area contributed by atoms with Gasteiger partial charge in [-0.05, 0) is 63.4 Å². The van der Waals surface area contributed by atoms with Crippen LogP contribution in [0, 0.1) is 11.8 Å². The molecule has 5 heteroatoms. The van der Waals surface area contributed by atoms with E-state index in [2.05, 4.69) is 61.2 Å². The van der Waals surface area contributed by atoms with Gasteiger partial charge < -0.3 is 15.5 Å². The Balaban J connectivity index is 1.97. The summed E-state index contributed by atoms with van der Waals surface area (Å²) in [5.74, 6) is 2.51. The molecular weight excluding hydrogens is 292 g/mol. The van der Waals surface area contributed by atoms with Gasteiger partial charge in [0.15, 0.2) is 5.11 Å². The van der Waals surface area contributed by atoms with Gasteiger partial charge in [-0.15, -0.1) is 0 Å². The zero-order chi connectivity index (χ0) is 16.3. The van der Waals surface area contributed by atoms with E-state index in [4.69, 9.17) is 12.2 Å². The number of rotatable bonds is 2. The fourth-order valence-electron chi connectivity index (χ4n) is 3.00. The largest absolute Gasteiger partial charge is 0.358 e. The molecular formula is C17H28N4S. The minimum atomic E-state index is -0.0441. The van der Waals surface area contributed by atoms with Gasteiger partial charge in [-0.2, -0.15) is 0 Å². The maximum atomic E-state index is 5.31.